The van der Waals surface area contributed by atoms with Crippen molar-refractivity contribution in [3.05, 3.63) is 28.2 Å². The first-order valence-corrected chi connectivity index (χ1v) is 7.86. The second kappa shape index (κ2) is 5.50. The molecule has 1 aromatic rings. The van der Waals surface area contributed by atoms with Crippen LogP contribution < -0.4 is 10.2 Å². The van der Waals surface area contributed by atoms with E-state index in [9.17, 15) is 9.59 Å². The Morgan fingerprint density at radius 3 is 2.19 bits per heavy atom. The summed E-state index contributed by atoms with van der Waals surface area (Å²) in [5.74, 6) is -0.195. The van der Waals surface area contributed by atoms with Crippen molar-refractivity contribution < 1.29 is 9.59 Å². The van der Waals surface area contributed by atoms with Gasteiger partial charge in [-0.25, -0.2) is 9.69 Å². The van der Waals surface area contributed by atoms with Crippen molar-refractivity contribution in [3.63, 3.8) is 0 Å². The largest absolute Gasteiger partial charge is 0.331 e. The predicted octanol–water partition coefficient (Wildman–Crippen LogP) is 4.14. The Hall–Kier alpha value is -1.26. The van der Waals surface area contributed by atoms with Gasteiger partial charge < -0.3 is 5.32 Å². The summed E-state index contributed by atoms with van der Waals surface area (Å²) >= 11 is 11.9. The molecule has 0 unspecified atom stereocenters. The molecule has 1 aliphatic carbocycles. The first-order chi connectivity index (χ1) is 9.99. The number of amides is 3. The van der Waals surface area contributed by atoms with Gasteiger partial charge in [-0.3, -0.25) is 4.79 Å². The Labute approximate surface area is 133 Å². The van der Waals surface area contributed by atoms with E-state index in [1.165, 1.54) is 6.42 Å². The highest BCUT2D eigenvalue weighted by atomic mass is 35.5. The lowest BCUT2D eigenvalue weighted by molar-refractivity contribution is -0.120. The lowest BCUT2D eigenvalue weighted by atomic mass is 9.78. The molecule has 0 aromatic heterocycles. The maximum atomic E-state index is 12.5. The van der Waals surface area contributed by atoms with Crippen LogP contribution in [0.25, 0.3) is 0 Å². The van der Waals surface area contributed by atoms with Gasteiger partial charge in [0.25, 0.3) is 0 Å². The molecule has 1 saturated heterocycles. The summed E-state index contributed by atoms with van der Waals surface area (Å²) < 4.78 is 0. The van der Waals surface area contributed by atoms with Gasteiger partial charge in [-0.1, -0.05) is 42.5 Å². The van der Waals surface area contributed by atoms with Crippen molar-refractivity contribution in [1.82, 2.24) is 5.32 Å². The van der Waals surface area contributed by atoms with Gasteiger partial charge in [0.1, 0.15) is 0 Å². The molecule has 112 valence electrons. The molecule has 1 N–H and O–H groups in total. The monoisotopic (exact) mass is 326 g/mol. The quantitative estimate of drug-likeness (QED) is 0.843. The minimum Gasteiger partial charge on any atom is -0.331 e. The molecule has 1 aromatic carbocycles. The molecular formula is C15H16Cl2N2O2. The topological polar surface area (TPSA) is 49.4 Å². The smallest absolute Gasteiger partial charge is 0.329 e. The first-order valence-electron chi connectivity index (χ1n) is 7.10. The second-order valence-electron chi connectivity index (χ2n) is 5.80. The number of hydrogen-bond acceptors (Lipinski definition) is 2. The summed E-state index contributed by atoms with van der Waals surface area (Å²) in [5.41, 5.74) is 0.0614. The van der Waals surface area contributed by atoms with Crippen molar-refractivity contribution in [3.8, 4) is 0 Å². The highest BCUT2D eigenvalue weighted by Gasteiger charge is 2.44. The molecule has 1 spiro atoms. The summed E-state index contributed by atoms with van der Waals surface area (Å²) in [5, 5.41) is 3.83. The number of hydrogen-bond donors (Lipinski definition) is 1. The minimum atomic E-state index is -0.383. The summed E-state index contributed by atoms with van der Waals surface area (Å²) in [6.45, 7) is 0. The lowest BCUT2D eigenvalue weighted by Gasteiger charge is -2.43. The molecule has 3 rings (SSSR count). The second-order valence-corrected chi connectivity index (χ2v) is 6.68. The summed E-state index contributed by atoms with van der Waals surface area (Å²) in [6, 6.07) is 4.33. The van der Waals surface area contributed by atoms with Crippen LogP contribution in [0.2, 0.25) is 10.0 Å². The predicted molar refractivity (Wildman–Crippen MR) is 82.9 cm³/mol. The molecule has 1 heterocycles. The number of urea groups is 1. The fourth-order valence-corrected chi connectivity index (χ4v) is 3.78. The maximum Gasteiger partial charge on any atom is 0.329 e. The van der Waals surface area contributed by atoms with E-state index in [4.69, 9.17) is 23.2 Å². The van der Waals surface area contributed by atoms with Gasteiger partial charge in [-0.05, 0) is 31.0 Å². The molecule has 0 radical (unpaired) electrons. The number of anilines is 1. The van der Waals surface area contributed by atoms with Crippen LogP contribution in [0.5, 0.6) is 0 Å². The SMILES string of the molecule is O=C1CC2(CCCCC2)NC(=O)N1c1cc(Cl)cc(Cl)c1. The number of halogens is 2. The number of benzene rings is 1. The Morgan fingerprint density at radius 2 is 1.62 bits per heavy atom. The zero-order chi connectivity index (χ0) is 15.0. The van der Waals surface area contributed by atoms with Crippen molar-refractivity contribution in [2.24, 2.45) is 0 Å². The molecule has 2 aliphatic rings. The third-order valence-corrected chi connectivity index (χ3v) is 4.67. The zero-order valence-corrected chi connectivity index (χ0v) is 13.0. The van der Waals surface area contributed by atoms with Crippen molar-refractivity contribution in [1.29, 1.82) is 0 Å². The van der Waals surface area contributed by atoms with Crippen LogP contribution in [0.3, 0.4) is 0 Å². The molecule has 2 fully saturated rings. The van der Waals surface area contributed by atoms with E-state index in [-0.39, 0.29) is 17.5 Å². The van der Waals surface area contributed by atoms with E-state index in [0.29, 0.717) is 22.2 Å². The summed E-state index contributed by atoms with van der Waals surface area (Å²) in [7, 11) is 0. The van der Waals surface area contributed by atoms with Crippen molar-refractivity contribution in [2.75, 3.05) is 4.90 Å². The van der Waals surface area contributed by atoms with Crippen LogP contribution >= 0.6 is 23.2 Å². The maximum absolute atomic E-state index is 12.5. The number of rotatable bonds is 1. The molecule has 1 aliphatic heterocycles. The van der Waals surface area contributed by atoms with Gasteiger partial charge in [0.2, 0.25) is 5.91 Å². The van der Waals surface area contributed by atoms with E-state index >= 15 is 0 Å². The normalized spacial score (nSPS) is 21.5. The molecular weight excluding hydrogens is 311 g/mol. The van der Waals surface area contributed by atoms with E-state index in [1.807, 2.05) is 0 Å². The molecule has 4 nitrogen and oxygen atoms in total. The van der Waals surface area contributed by atoms with E-state index < -0.39 is 0 Å². The van der Waals surface area contributed by atoms with E-state index in [2.05, 4.69) is 5.32 Å². The molecule has 3 amide bonds. The first kappa shape index (κ1) is 14.7. The van der Waals surface area contributed by atoms with Gasteiger partial charge in [0.05, 0.1) is 17.6 Å². The standard InChI is InChI=1S/C15H16Cl2N2O2/c16-10-6-11(17)8-12(7-10)19-13(20)9-15(18-14(19)21)4-2-1-3-5-15/h6-8H,1-5,9H2,(H,18,21). The molecule has 6 heteroatoms. The average Bonchev–Trinajstić information content (AvgIpc) is 2.37. The Morgan fingerprint density at radius 1 is 1.00 bits per heavy atom. The minimum absolute atomic E-state index is 0.195. The fourth-order valence-electron chi connectivity index (χ4n) is 3.27. The number of carbonyl (C=O) groups is 2. The average molecular weight is 327 g/mol. The highest BCUT2D eigenvalue weighted by molar-refractivity contribution is 6.35. The van der Waals surface area contributed by atoms with Crippen LogP contribution in [0.1, 0.15) is 38.5 Å². The fraction of sp³-hybridized carbons (Fsp3) is 0.467. The van der Waals surface area contributed by atoms with Crippen molar-refractivity contribution in [2.45, 2.75) is 44.1 Å². The summed E-state index contributed by atoms with van der Waals surface area (Å²) in [4.78, 5) is 26.0. The number of imide groups is 1. The lowest BCUT2D eigenvalue weighted by Crippen LogP contribution is -2.62. The molecule has 0 atom stereocenters. The third kappa shape index (κ3) is 2.87. The van der Waals surface area contributed by atoms with Crippen LogP contribution in [-0.4, -0.2) is 17.5 Å². The molecule has 1 saturated carbocycles. The van der Waals surface area contributed by atoms with Crippen molar-refractivity contribution >= 4 is 40.8 Å². The van der Waals surface area contributed by atoms with Gasteiger partial charge in [-0.2, -0.15) is 0 Å². The van der Waals surface area contributed by atoms with Gasteiger partial charge >= 0.3 is 6.03 Å². The zero-order valence-electron chi connectivity index (χ0n) is 11.5. The third-order valence-electron chi connectivity index (χ3n) is 4.23. The Kier molecular flexibility index (Phi) is 3.84. The van der Waals surface area contributed by atoms with Crippen LogP contribution in [0, 0.1) is 0 Å². The van der Waals surface area contributed by atoms with Crippen LogP contribution in [0.15, 0.2) is 18.2 Å². The number of nitrogens with zero attached hydrogens (tertiary/aromatic N) is 1. The van der Waals surface area contributed by atoms with Gasteiger partial charge in [0.15, 0.2) is 0 Å². The van der Waals surface area contributed by atoms with Gasteiger partial charge in [-0.15, -0.1) is 0 Å². The number of nitrogens with one attached hydrogen (secondary N) is 1. The van der Waals surface area contributed by atoms with E-state index in [0.717, 1.165) is 30.6 Å². The van der Waals surface area contributed by atoms with Gasteiger partial charge in [0, 0.05) is 10.0 Å². The Bertz CT molecular complexity index is 557. The molecule has 21 heavy (non-hydrogen) atoms. The van der Waals surface area contributed by atoms with Crippen LogP contribution in [0.4, 0.5) is 10.5 Å². The summed E-state index contributed by atoms with van der Waals surface area (Å²) in [6.07, 6.45) is 5.35. The molecule has 0 bridgehead atoms. The van der Waals surface area contributed by atoms with Crippen LogP contribution in [-0.2, 0) is 4.79 Å². The highest BCUT2D eigenvalue weighted by Crippen LogP contribution is 2.36. The Balaban J connectivity index is 1.88. The van der Waals surface area contributed by atoms with E-state index in [1.54, 1.807) is 18.2 Å². The number of carbonyl (C=O) groups excluding carboxylic acids is 2.